The SMILES string of the molecule is CCOc1cccc(N2C(=O)C(=O)/C(=C(/O)c3ccc(OC)c(OC)c3)C2c2ccc(N(C)C)cc2)c1. The van der Waals surface area contributed by atoms with E-state index in [1.165, 1.54) is 19.1 Å². The molecule has 8 nitrogen and oxygen atoms in total. The van der Waals surface area contributed by atoms with Crippen molar-refractivity contribution in [2.75, 3.05) is 44.7 Å². The van der Waals surface area contributed by atoms with Gasteiger partial charge in [-0.3, -0.25) is 14.5 Å². The Kier molecular flexibility index (Phi) is 7.38. The first-order chi connectivity index (χ1) is 17.8. The molecule has 192 valence electrons. The van der Waals surface area contributed by atoms with Gasteiger partial charge < -0.3 is 24.2 Å². The van der Waals surface area contributed by atoms with E-state index in [4.69, 9.17) is 14.2 Å². The van der Waals surface area contributed by atoms with E-state index in [1.807, 2.05) is 50.2 Å². The second-order valence-electron chi connectivity index (χ2n) is 8.66. The van der Waals surface area contributed by atoms with E-state index in [1.54, 1.807) is 42.5 Å². The van der Waals surface area contributed by atoms with Crippen molar-refractivity contribution in [3.63, 3.8) is 0 Å². The Balaban J connectivity index is 1.92. The smallest absolute Gasteiger partial charge is 0.300 e. The molecule has 8 heteroatoms. The Bertz CT molecular complexity index is 1350. The molecule has 0 aliphatic carbocycles. The number of Topliss-reactive ketones (excluding diaryl/α,β-unsaturated/α-hetero) is 1. The van der Waals surface area contributed by atoms with Crippen LogP contribution >= 0.6 is 0 Å². The van der Waals surface area contributed by atoms with Gasteiger partial charge in [-0.15, -0.1) is 0 Å². The Hall–Kier alpha value is -4.46. The lowest BCUT2D eigenvalue weighted by molar-refractivity contribution is -0.132. The van der Waals surface area contributed by atoms with E-state index >= 15 is 0 Å². The zero-order chi connectivity index (χ0) is 26.7. The number of nitrogens with zero attached hydrogens (tertiary/aromatic N) is 2. The summed E-state index contributed by atoms with van der Waals surface area (Å²) < 4.78 is 16.3. The molecule has 1 atom stereocenters. The molecule has 0 spiro atoms. The Morgan fingerprint density at radius 1 is 0.946 bits per heavy atom. The fourth-order valence-corrected chi connectivity index (χ4v) is 4.40. The molecule has 1 amide bonds. The van der Waals surface area contributed by atoms with Crippen molar-refractivity contribution in [1.29, 1.82) is 0 Å². The van der Waals surface area contributed by atoms with E-state index in [2.05, 4.69) is 0 Å². The third kappa shape index (κ3) is 4.82. The van der Waals surface area contributed by atoms with Crippen LogP contribution in [0, 0.1) is 0 Å². The number of carbonyl (C=O) groups is 2. The number of methoxy groups -OCH3 is 2. The summed E-state index contributed by atoms with van der Waals surface area (Å²) in [6.45, 7) is 2.32. The van der Waals surface area contributed by atoms with Crippen LogP contribution in [0.4, 0.5) is 11.4 Å². The van der Waals surface area contributed by atoms with Crippen molar-refractivity contribution in [3.05, 3.63) is 83.4 Å². The number of benzene rings is 3. The number of rotatable bonds is 8. The van der Waals surface area contributed by atoms with Crippen LogP contribution in [-0.2, 0) is 9.59 Å². The van der Waals surface area contributed by atoms with Gasteiger partial charge in [-0.05, 0) is 55.0 Å². The minimum atomic E-state index is -0.860. The minimum Gasteiger partial charge on any atom is -0.507 e. The fraction of sp³-hybridized carbons (Fsp3) is 0.241. The van der Waals surface area contributed by atoms with Gasteiger partial charge in [0.15, 0.2) is 11.5 Å². The molecule has 1 aliphatic rings. The van der Waals surface area contributed by atoms with Crippen molar-refractivity contribution in [1.82, 2.24) is 0 Å². The molecule has 0 radical (unpaired) electrons. The predicted molar refractivity (Wildman–Crippen MR) is 143 cm³/mol. The average Bonchev–Trinajstić information content (AvgIpc) is 3.18. The molecular weight excluding hydrogens is 472 g/mol. The minimum absolute atomic E-state index is 0.0170. The summed E-state index contributed by atoms with van der Waals surface area (Å²) in [5.74, 6) is -0.388. The second kappa shape index (κ2) is 10.7. The quantitative estimate of drug-likeness (QED) is 0.269. The van der Waals surface area contributed by atoms with E-state index in [-0.39, 0.29) is 11.3 Å². The number of aliphatic hydroxyl groups excluding tert-OH is 1. The molecule has 1 saturated heterocycles. The van der Waals surface area contributed by atoms with Gasteiger partial charge >= 0.3 is 0 Å². The molecule has 0 bridgehead atoms. The zero-order valence-corrected chi connectivity index (χ0v) is 21.5. The predicted octanol–water partition coefficient (Wildman–Crippen LogP) is 4.79. The van der Waals surface area contributed by atoms with Crippen LogP contribution in [0.1, 0.15) is 24.1 Å². The molecule has 3 aromatic rings. The monoisotopic (exact) mass is 502 g/mol. The summed E-state index contributed by atoms with van der Waals surface area (Å²) in [5, 5.41) is 11.4. The highest BCUT2D eigenvalue weighted by Crippen LogP contribution is 2.43. The van der Waals surface area contributed by atoms with Gasteiger partial charge in [-0.2, -0.15) is 0 Å². The number of carbonyl (C=O) groups excluding carboxylic acids is 2. The van der Waals surface area contributed by atoms with Crippen LogP contribution in [0.15, 0.2) is 72.3 Å². The number of aliphatic hydroxyl groups is 1. The van der Waals surface area contributed by atoms with Crippen LogP contribution in [-0.4, -0.2) is 51.7 Å². The normalized spacial score (nSPS) is 16.6. The van der Waals surface area contributed by atoms with Crippen LogP contribution in [0.5, 0.6) is 17.2 Å². The van der Waals surface area contributed by atoms with Crippen molar-refractivity contribution in [2.24, 2.45) is 0 Å². The maximum absolute atomic E-state index is 13.4. The highest BCUT2D eigenvalue weighted by molar-refractivity contribution is 6.51. The summed E-state index contributed by atoms with van der Waals surface area (Å²) in [5.41, 5.74) is 2.43. The molecule has 0 saturated carbocycles. The number of ether oxygens (including phenoxy) is 3. The van der Waals surface area contributed by atoms with Crippen molar-refractivity contribution in [3.8, 4) is 17.2 Å². The van der Waals surface area contributed by atoms with E-state index in [0.29, 0.717) is 40.7 Å². The zero-order valence-electron chi connectivity index (χ0n) is 21.5. The Labute approximate surface area is 216 Å². The van der Waals surface area contributed by atoms with Crippen LogP contribution < -0.4 is 24.0 Å². The van der Waals surface area contributed by atoms with E-state index < -0.39 is 17.7 Å². The standard InChI is InChI=1S/C29H30N2O6/c1-6-37-22-9-7-8-21(17-22)31-26(18-10-13-20(14-11-18)30(2)3)25(28(33)29(31)34)27(32)19-12-15-23(35-4)24(16-19)36-5/h7-17,26,32H,6H2,1-5H3/b27-25+. The summed E-state index contributed by atoms with van der Waals surface area (Å²) >= 11 is 0. The second-order valence-corrected chi connectivity index (χ2v) is 8.66. The fourth-order valence-electron chi connectivity index (χ4n) is 4.40. The largest absolute Gasteiger partial charge is 0.507 e. The number of hydrogen-bond acceptors (Lipinski definition) is 7. The molecular formula is C29H30N2O6. The van der Waals surface area contributed by atoms with Crippen molar-refractivity contribution in [2.45, 2.75) is 13.0 Å². The molecule has 1 N–H and O–H groups in total. The lowest BCUT2D eigenvalue weighted by Crippen LogP contribution is -2.29. The van der Waals surface area contributed by atoms with Crippen LogP contribution in [0.2, 0.25) is 0 Å². The lowest BCUT2D eigenvalue weighted by Gasteiger charge is -2.26. The first-order valence-corrected chi connectivity index (χ1v) is 11.8. The lowest BCUT2D eigenvalue weighted by atomic mass is 9.94. The molecule has 3 aromatic carbocycles. The van der Waals surface area contributed by atoms with Crippen molar-refractivity contribution >= 4 is 28.8 Å². The summed E-state index contributed by atoms with van der Waals surface area (Å²) in [7, 11) is 6.85. The third-order valence-corrected chi connectivity index (χ3v) is 6.23. The average molecular weight is 503 g/mol. The summed E-state index contributed by atoms with van der Waals surface area (Å²) in [6.07, 6.45) is 0. The number of ketones is 1. The molecule has 1 fully saturated rings. The van der Waals surface area contributed by atoms with Gasteiger partial charge in [0.1, 0.15) is 11.5 Å². The summed E-state index contributed by atoms with van der Waals surface area (Å²) in [6, 6.07) is 18.5. The van der Waals surface area contributed by atoms with E-state index in [9.17, 15) is 14.7 Å². The number of anilines is 2. The van der Waals surface area contributed by atoms with Crippen LogP contribution in [0.3, 0.4) is 0 Å². The molecule has 1 heterocycles. The van der Waals surface area contributed by atoms with Gasteiger partial charge in [0.05, 0.1) is 32.4 Å². The highest BCUT2D eigenvalue weighted by Gasteiger charge is 2.47. The maximum atomic E-state index is 13.4. The Morgan fingerprint density at radius 3 is 2.27 bits per heavy atom. The molecule has 4 rings (SSSR count). The molecule has 1 unspecified atom stereocenters. The van der Waals surface area contributed by atoms with Gasteiger partial charge in [-0.1, -0.05) is 18.2 Å². The van der Waals surface area contributed by atoms with Gasteiger partial charge in [0.25, 0.3) is 11.7 Å². The van der Waals surface area contributed by atoms with Crippen molar-refractivity contribution < 1.29 is 28.9 Å². The number of amides is 1. The molecule has 0 aromatic heterocycles. The Morgan fingerprint density at radius 2 is 1.65 bits per heavy atom. The number of hydrogen-bond donors (Lipinski definition) is 1. The van der Waals surface area contributed by atoms with Gasteiger partial charge in [-0.25, -0.2) is 0 Å². The molecule has 1 aliphatic heterocycles. The highest BCUT2D eigenvalue weighted by atomic mass is 16.5. The van der Waals surface area contributed by atoms with Gasteiger partial charge in [0, 0.05) is 37.1 Å². The first-order valence-electron chi connectivity index (χ1n) is 11.8. The van der Waals surface area contributed by atoms with Gasteiger partial charge in [0.2, 0.25) is 0 Å². The first kappa shape index (κ1) is 25.6. The maximum Gasteiger partial charge on any atom is 0.300 e. The van der Waals surface area contributed by atoms with E-state index in [0.717, 1.165) is 5.69 Å². The summed E-state index contributed by atoms with van der Waals surface area (Å²) in [4.78, 5) is 30.2. The topological polar surface area (TPSA) is 88.5 Å². The molecule has 37 heavy (non-hydrogen) atoms. The third-order valence-electron chi connectivity index (χ3n) is 6.23. The van der Waals surface area contributed by atoms with Crippen LogP contribution in [0.25, 0.3) is 5.76 Å².